The summed E-state index contributed by atoms with van der Waals surface area (Å²) in [5.74, 6) is -0.308. The monoisotopic (exact) mass is 277 g/mol. The van der Waals surface area contributed by atoms with Crippen molar-refractivity contribution in [3.8, 4) is 0 Å². The Kier molecular flexibility index (Phi) is 5.17. The van der Waals surface area contributed by atoms with Crippen LogP contribution in [-0.2, 0) is 6.54 Å². The molecule has 0 spiro atoms. The molecule has 3 N–H and O–H groups in total. The highest BCUT2D eigenvalue weighted by Gasteiger charge is 2.05. The molecule has 0 aliphatic carbocycles. The van der Waals surface area contributed by atoms with Crippen LogP contribution >= 0.6 is 15.9 Å². The molecule has 0 aromatic heterocycles. The first-order chi connectivity index (χ1) is 7.15. The standard InChI is InChI=1S/C10H13BrFNO2/c11-10-7(2-1-3-9(10)12)4-13-5-8(15)6-14/h1-3,8,13-15H,4-6H2. The second kappa shape index (κ2) is 6.17. The van der Waals surface area contributed by atoms with Crippen LogP contribution in [0.1, 0.15) is 5.56 Å². The second-order valence-corrected chi connectivity index (χ2v) is 3.97. The van der Waals surface area contributed by atoms with Crippen LogP contribution in [0.25, 0.3) is 0 Å². The van der Waals surface area contributed by atoms with Crippen molar-refractivity contribution < 1.29 is 14.6 Å². The maximum atomic E-state index is 13.1. The van der Waals surface area contributed by atoms with E-state index >= 15 is 0 Å². The van der Waals surface area contributed by atoms with E-state index in [0.717, 1.165) is 5.56 Å². The van der Waals surface area contributed by atoms with Gasteiger partial charge in [0.1, 0.15) is 5.82 Å². The van der Waals surface area contributed by atoms with Gasteiger partial charge in [0.15, 0.2) is 0 Å². The Bertz CT molecular complexity index is 322. The highest BCUT2D eigenvalue weighted by atomic mass is 79.9. The molecule has 1 aromatic carbocycles. The SMILES string of the molecule is OCC(O)CNCc1cccc(F)c1Br. The van der Waals surface area contributed by atoms with Crippen molar-refractivity contribution in [3.63, 3.8) is 0 Å². The lowest BCUT2D eigenvalue weighted by atomic mass is 10.2. The summed E-state index contributed by atoms with van der Waals surface area (Å²) in [5, 5.41) is 20.5. The van der Waals surface area contributed by atoms with Gasteiger partial charge in [0.25, 0.3) is 0 Å². The molecule has 15 heavy (non-hydrogen) atoms. The van der Waals surface area contributed by atoms with Gasteiger partial charge in [0.05, 0.1) is 17.2 Å². The van der Waals surface area contributed by atoms with Crippen LogP contribution in [0.5, 0.6) is 0 Å². The van der Waals surface area contributed by atoms with Crippen LogP contribution in [-0.4, -0.2) is 29.5 Å². The number of nitrogens with one attached hydrogen (secondary N) is 1. The van der Waals surface area contributed by atoms with Crippen LogP contribution in [0.15, 0.2) is 22.7 Å². The number of aliphatic hydroxyl groups excluding tert-OH is 2. The highest BCUT2D eigenvalue weighted by molar-refractivity contribution is 9.10. The van der Waals surface area contributed by atoms with Crippen molar-refractivity contribution in [1.29, 1.82) is 0 Å². The van der Waals surface area contributed by atoms with Gasteiger partial charge in [-0.3, -0.25) is 0 Å². The Labute approximate surface area is 96.1 Å². The summed E-state index contributed by atoms with van der Waals surface area (Å²) in [6.45, 7) is 0.437. The first-order valence-corrected chi connectivity index (χ1v) is 5.37. The van der Waals surface area contributed by atoms with Crippen molar-refractivity contribution in [2.45, 2.75) is 12.6 Å². The summed E-state index contributed by atoms with van der Waals surface area (Å²) < 4.78 is 13.5. The zero-order valence-electron chi connectivity index (χ0n) is 8.08. The lowest BCUT2D eigenvalue weighted by Gasteiger charge is -2.10. The topological polar surface area (TPSA) is 52.5 Å². The quantitative estimate of drug-likeness (QED) is 0.754. The van der Waals surface area contributed by atoms with E-state index in [1.165, 1.54) is 6.07 Å². The summed E-state index contributed by atoms with van der Waals surface area (Å²) in [6, 6.07) is 4.78. The first kappa shape index (κ1) is 12.6. The van der Waals surface area contributed by atoms with Gasteiger partial charge < -0.3 is 15.5 Å². The van der Waals surface area contributed by atoms with Crippen LogP contribution in [0.3, 0.4) is 0 Å². The average molecular weight is 278 g/mol. The molecule has 1 unspecified atom stereocenters. The lowest BCUT2D eigenvalue weighted by molar-refractivity contribution is 0.0942. The number of aliphatic hydroxyl groups is 2. The summed E-state index contributed by atoms with van der Waals surface area (Å²) in [6.07, 6.45) is -0.780. The highest BCUT2D eigenvalue weighted by Crippen LogP contribution is 2.19. The number of halogens is 2. The van der Waals surface area contributed by atoms with Crippen molar-refractivity contribution in [2.24, 2.45) is 0 Å². The van der Waals surface area contributed by atoms with Crippen LogP contribution in [0.4, 0.5) is 4.39 Å². The van der Waals surface area contributed by atoms with Crippen LogP contribution in [0, 0.1) is 5.82 Å². The molecule has 0 aliphatic rings. The molecule has 84 valence electrons. The van der Waals surface area contributed by atoms with Crippen molar-refractivity contribution in [1.82, 2.24) is 5.32 Å². The van der Waals surface area contributed by atoms with E-state index in [1.807, 2.05) is 0 Å². The van der Waals surface area contributed by atoms with Gasteiger partial charge in [-0.15, -0.1) is 0 Å². The molecular formula is C10H13BrFNO2. The van der Waals surface area contributed by atoms with E-state index in [2.05, 4.69) is 21.2 Å². The molecule has 1 atom stereocenters. The maximum absolute atomic E-state index is 13.1. The largest absolute Gasteiger partial charge is 0.394 e. The summed E-state index contributed by atoms with van der Waals surface area (Å²) in [7, 11) is 0. The molecule has 0 saturated heterocycles. The summed E-state index contributed by atoms with van der Waals surface area (Å²) >= 11 is 3.14. The number of benzene rings is 1. The van der Waals surface area contributed by atoms with E-state index in [0.29, 0.717) is 11.0 Å². The van der Waals surface area contributed by atoms with Gasteiger partial charge in [0.2, 0.25) is 0 Å². The zero-order chi connectivity index (χ0) is 11.3. The third-order valence-corrected chi connectivity index (χ3v) is 2.83. The van der Waals surface area contributed by atoms with Crippen LogP contribution < -0.4 is 5.32 Å². The Morgan fingerprint density at radius 1 is 1.47 bits per heavy atom. The molecule has 0 aliphatic heterocycles. The molecule has 0 radical (unpaired) electrons. The molecule has 5 heteroatoms. The van der Waals surface area contributed by atoms with E-state index in [9.17, 15) is 4.39 Å². The minimum Gasteiger partial charge on any atom is -0.394 e. The van der Waals surface area contributed by atoms with Gasteiger partial charge >= 0.3 is 0 Å². The Morgan fingerprint density at radius 2 is 2.20 bits per heavy atom. The van der Waals surface area contributed by atoms with Crippen molar-refractivity contribution in [2.75, 3.05) is 13.2 Å². The molecular weight excluding hydrogens is 265 g/mol. The van der Waals surface area contributed by atoms with Gasteiger partial charge in [-0.2, -0.15) is 0 Å². The third-order valence-electron chi connectivity index (χ3n) is 1.94. The van der Waals surface area contributed by atoms with Crippen molar-refractivity contribution >= 4 is 15.9 Å². The summed E-state index contributed by atoms with van der Waals surface area (Å²) in [4.78, 5) is 0. The molecule has 0 bridgehead atoms. The molecule has 1 aromatic rings. The van der Waals surface area contributed by atoms with Gasteiger partial charge in [-0.25, -0.2) is 4.39 Å². The van der Waals surface area contributed by atoms with Crippen molar-refractivity contribution in [3.05, 3.63) is 34.1 Å². The Morgan fingerprint density at radius 3 is 2.87 bits per heavy atom. The predicted molar refractivity (Wildman–Crippen MR) is 58.9 cm³/mol. The molecule has 0 amide bonds. The minimum absolute atomic E-state index is 0.277. The van der Waals surface area contributed by atoms with Crippen LogP contribution in [0.2, 0.25) is 0 Å². The van der Waals surface area contributed by atoms with E-state index in [1.54, 1.807) is 12.1 Å². The fraction of sp³-hybridized carbons (Fsp3) is 0.400. The zero-order valence-corrected chi connectivity index (χ0v) is 9.67. The van der Waals surface area contributed by atoms with E-state index < -0.39 is 6.10 Å². The third kappa shape index (κ3) is 3.87. The predicted octanol–water partition coefficient (Wildman–Crippen LogP) is 1.03. The number of hydrogen-bond acceptors (Lipinski definition) is 3. The summed E-state index contributed by atoms with van der Waals surface area (Å²) in [5.41, 5.74) is 0.778. The maximum Gasteiger partial charge on any atom is 0.137 e. The molecule has 0 saturated carbocycles. The molecule has 3 nitrogen and oxygen atoms in total. The Hall–Kier alpha value is -0.490. The second-order valence-electron chi connectivity index (χ2n) is 3.18. The van der Waals surface area contributed by atoms with Gasteiger partial charge in [0, 0.05) is 13.1 Å². The molecule has 0 fully saturated rings. The normalized spacial score (nSPS) is 12.8. The molecule has 0 heterocycles. The first-order valence-electron chi connectivity index (χ1n) is 4.57. The van der Waals surface area contributed by atoms with Gasteiger partial charge in [-0.1, -0.05) is 12.1 Å². The van der Waals surface area contributed by atoms with E-state index in [-0.39, 0.29) is 19.0 Å². The molecule has 1 rings (SSSR count). The number of rotatable bonds is 5. The lowest BCUT2D eigenvalue weighted by Crippen LogP contribution is -2.29. The average Bonchev–Trinajstić information content (AvgIpc) is 2.24. The number of hydrogen-bond donors (Lipinski definition) is 3. The van der Waals surface area contributed by atoms with Gasteiger partial charge in [-0.05, 0) is 27.6 Å². The smallest absolute Gasteiger partial charge is 0.137 e. The Balaban J connectivity index is 2.47. The van der Waals surface area contributed by atoms with E-state index in [4.69, 9.17) is 10.2 Å². The fourth-order valence-corrected chi connectivity index (χ4v) is 1.53. The minimum atomic E-state index is -0.780. The fourth-order valence-electron chi connectivity index (χ4n) is 1.12.